The molecule has 2 aromatic carbocycles. The summed E-state index contributed by atoms with van der Waals surface area (Å²) in [5.74, 6) is 0.677. The number of benzene rings is 2. The van der Waals surface area contributed by atoms with E-state index < -0.39 is 0 Å². The standard InChI is InChI=1S/C17H15N5O2/c18-21-19-10-3-11-22-16(12-6-8-13(23)9-7-12)20-15-5-2-1-4-14(15)17(22)24/h1-2,4-9,23H,3,10-11H2. The van der Waals surface area contributed by atoms with Crippen LogP contribution in [0.2, 0.25) is 0 Å². The number of aromatic nitrogens is 2. The van der Waals surface area contributed by atoms with Crippen molar-refractivity contribution in [3.05, 3.63) is 69.3 Å². The second-order valence-corrected chi connectivity index (χ2v) is 5.26. The van der Waals surface area contributed by atoms with Gasteiger partial charge >= 0.3 is 0 Å². The first-order chi connectivity index (χ1) is 11.7. The van der Waals surface area contributed by atoms with Crippen LogP contribution in [-0.2, 0) is 6.54 Å². The maximum absolute atomic E-state index is 12.8. The molecule has 0 amide bonds. The Morgan fingerprint density at radius 1 is 1.17 bits per heavy atom. The number of rotatable bonds is 5. The van der Waals surface area contributed by atoms with E-state index in [4.69, 9.17) is 5.53 Å². The van der Waals surface area contributed by atoms with Crippen LogP contribution in [0.25, 0.3) is 32.7 Å². The van der Waals surface area contributed by atoms with Gasteiger partial charge in [0, 0.05) is 23.6 Å². The Hall–Kier alpha value is -3.31. The lowest BCUT2D eigenvalue weighted by Crippen LogP contribution is -2.24. The predicted octanol–water partition coefficient (Wildman–Crippen LogP) is 3.47. The number of nitrogens with zero attached hydrogens (tertiary/aromatic N) is 5. The van der Waals surface area contributed by atoms with E-state index in [0.717, 1.165) is 5.56 Å². The van der Waals surface area contributed by atoms with Crippen LogP contribution in [0.1, 0.15) is 6.42 Å². The van der Waals surface area contributed by atoms with Crippen LogP contribution in [0.15, 0.2) is 58.4 Å². The van der Waals surface area contributed by atoms with Gasteiger partial charge in [-0.15, -0.1) is 0 Å². The van der Waals surface area contributed by atoms with Crippen molar-refractivity contribution in [1.29, 1.82) is 0 Å². The fourth-order valence-electron chi connectivity index (χ4n) is 2.55. The lowest BCUT2D eigenvalue weighted by molar-refractivity contribution is 0.475. The summed E-state index contributed by atoms with van der Waals surface area (Å²) < 4.78 is 1.58. The molecule has 0 unspecified atom stereocenters. The topological polar surface area (TPSA) is 104 Å². The molecule has 0 saturated carbocycles. The highest BCUT2D eigenvalue weighted by molar-refractivity contribution is 5.79. The van der Waals surface area contributed by atoms with E-state index >= 15 is 0 Å². The average Bonchev–Trinajstić information content (AvgIpc) is 2.61. The molecule has 0 aliphatic rings. The van der Waals surface area contributed by atoms with E-state index in [1.54, 1.807) is 47.0 Å². The van der Waals surface area contributed by atoms with Crippen molar-refractivity contribution in [2.45, 2.75) is 13.0 Å². The smallest absolute Gasteiger partial charge is 0.261 e. The molecule has 1 aromatic heterocycles. The molecule has 1 heterocycles. The van der Waals surface area contributed by atoms with Gasteiger partial charge in [-0.05, 0) is 48.4 Å². The minimum absolute atomic E-state index is 0.135. The van der Waals surface area contributed by atoms with Gasteiger partial charge in [-0.1, -0.05) is 17.2 Å². The summed E-state index contributed by atoms with van der Waals surface area (Å²) in [6, 6.07) is 13.7. The minimum Gasteiger partial charge on any atom is -0.508 e. The number of phenols is 1. The number of azide groups is 1. The first-order valence-electron chi connectivity index (χ1n) is 7.50. The highest BCUT2D eigenvalue weighted by atomic mass is 16.3. The molecule has 24 heavy (non-hydrogen) atoms. The van der Waals surface area contributed by atoms with Crippen molar-refractivity contribution in [2.24, 2.45) is 5.11 Å². The van der Waals surface area contributed by atoms with Crippen molar-refractivity contribution < 1.29 is 5.11 Å². The number of aromatic hydroxyl groups is 1. The van der Waals surface area contributed by atoms with Gasteiger partial charge in [-0.2, -0.15) is 0 Å². The summed E-state index contributed by atoms with van der Waals surface area (Å²) in [6.45, 7) is 0.705. The summed E-state index contributed by atoms with van der Waals surface area (Å²) in [4.78, 5) is 20.2. The number of hydrogen-bond donors (Lipinski definition) is 1. The Balaban J connectivity index is 2.15. The van der Waals surface area contributed by atoms with Gasteiger partial charge in [0.05, 0.1) is 10.9 Å². The van der Waals surface area contributed by atoms with Crippen molar-refractivity contribution in [1.82, 2.24) is 9.55 Å². The van der Waals surface area contributed by atoms with Crippen LogP contribution in [-0.4, -0.2) is 21.2 Å². The molecule has 0 atom stereocenters. The lowest BCUT2D eigenvalue weighted by atomic mass is 10.1. The summed E-state index contributed by atoms with van der Waals surface area (Å²) in [5.41, 5.74) is 9.59. The summed E-state index contributed by atoms with van der Waals surface area (Å²) >= 11 is 0. The highest BCUT2D eigenvalue weighted by Crippen LogP contribution is 2.21. The monoisotopic (exact) mass is 321 g/mol. The molecule has 0 aliphatic carbocycles. The van der Waals surface area contributed by atoms with E-state index in [-0.39, 0.29) is 11.3 Å². The van der Waals surface area contributed by atoms with Crippen molar-refractivity contribution in [3.63, 3.8) is 0 Å². The van der Waals surface area contributed by atoms with E-state index in [2.05, 4.69) is 15.0 Å². The van der Waals surface area contributed by atoms with Crippen LogP contribution in [0, 0.1) is 0 Å². The maximum atomic E-state index is 12.8. The molecule has 0 bridgehead atoms. The minimum atomic E-state index is -0.135. The second kappa shape index (κ2) is 6.85. The van der Waals surface area contributed by atoms with Gasteiger partial charge in [0.25, 0.3) is 5.56 Å². The van der Waals surface area contributed by atoms with E-state index in [1.165, 1.54) is 0 Å². The molecule has 0 radical (unpaired) electrons. The highest BCUT2D eigenvalue weighted by Gasteiger charge is 2.12. The number of hydrogen-bond acceptors (Lipinski definition) is 4. The molecule has 7 heteroatoms. The fraction of sp³-hybridized carbons (Fsp3) is 0.176. The Labute approximate surface area is 137 Å². The number of fused-ring (bicyclic) bond motifs is 1. The largest absolute Gasteiger partial charge is 0.508 e. The third-order valence-electron chi connectivity index (χ3n) is 3.69. The molecule has 120 valence electrons. The zero-order valence-corrected chi connectivity index (χ0v) is 12.8. The van der Waals surface area contributed by atoms with Gasteiger partial charge in [-0.25, -0.2) is 4.98 Å². The lowest BCUT2D eigenvalue weighted by Gasteiger charge is -2.13. The molecule has 3 rings (SSSR count). The quantitative estimate of drug-likeness (QED) is 0.336. The third kappa shape index (κ3) is 3.06. The van der Waals surface area contributed by atoms with Crippen LogP contribution in [0.3, 0.4) is 0 Å². The molecule has 0 spiro atoms. The first-order valence-corrected chi connectivity index (χ1v) is 7.50. The van der Waals surface area contributed by atoms with Crippen LogP contribution in [0.5, 0.6) is 5.75 Å². The zero-order valence-electron chi connectivity index (χ0n) is 12.8. The second-order valence-electron chi connectivity index (χ2n) is 5.26. The van der Waals surface area contributed by atoms with Crippen molar-refractivity contribution in [3.8, 4) is 17.1 Å². The normalized spacial score (nSPS) is 10.5. The van der Waals surface area contributed by atoms with E-state index in [0.29, 0.717) is 36.2 Å². The molecule has 7 nitrogen and oxygen atoms in total. The van der Waals surface area contributed by atoms with Crippen LogP contribution >= 0.6 is 0 Å². The zero-order chi connectivity index (χ0) is 16.9. The molecular weight excluding hydrogens is 306 g/mol. The van der Waals surface area contributed by atoms with E-state index in [1.807, 2.05) is 6.07 Å². The van der Waals surface area contributed by atoms with Crippen molar-refractivity contribution in [2.75, 3.05) is 6.54 Å². The van der Waals surface area contributed by atoms with Gasteiger partial charge < -0.3 is 5.11 Å². The molecule has 1 N–H and O–H groups in total. The summed E-state index contributed by atoms with van der Waals surface area (Å²) in [6.07, 6.45) is 0.537. The van der Waals surface area contributed by atoms with Gasteiger partial charge in [0.15, 0.2) is 0 Å². The Morgan fingerprint density at radius 2 is 1.92 bits per heavy atom. The number of phenolic OH excluding ortho intramolecular Hbond substituents is 1. The van der Waals surface area contributed by atoms with Gasteiger partial charge in [0.2, 0.25) is 0 Å². The van der Waals surface area contributed by atoms with Gasteiger partial charge in [0.1, 0.15) is 11.6 Å². The fourth-order valence-corrected chi connectivity index (χ4v) is 2.55. The third-order valence-corrected chi connectivity index (χ3v) is 3.69. The SMILES string of the molecule is [N-]=[N+]=NCCCn1c(-c2ccc(O)cc2)nc2ccccc2c1=O. The Bertz CT molecular complexity index is 972. The summed E-state index contributed by atoms with van der Waals surface area (Å²) in [7, 11) is 0. The molecular formula is C17H15N5O2. The molecule has 0 saturated heterocycles. The number of para-hydroxylation sites is 1. The predicted molar refractivity (Wildman–Crippen MR) is 91.7 cm³/mol. The first kappa shape index (κ1) is 15.6. The Kier molecular flexibility index (Phi) is 4.45. The Morgan fingerprint density at radius 3 is 2.67 bits per heavy atom. The van der Waals surface area contributed by atoms with Gasteiger partial charge in [-0.3, -0.25) is 9.36 Å². The molecule has 0 aliphatic heterocycles. The molecule has 0 fully saturated rings. The average molecular weight is 321 g/mol. The summed E-state index contributed by atoms with van der Waals surface area (Å²) in [5, 5.41) is 13.5. The van der Waals surface area contributed by atoms with Crippen molar-refractivity contribution >= 4 is 10.9 Å². The van der Waals surface area contributed by atoms with Crippen LogP contribution < -0.4 is 5.56 Å². The van der Waals surface area contributed by atoms with E-state index in [9.17, 15) is 9.90 Å². The van der Waals surface area contributed by atoms with Crippen LogP contribution in [0.4, 0.5) is 0 Å². The maximum Gasteiger partial charge on any atom is 0.261 e. The molecule has 3 aromatic rings.